The van der Waals surface area contributed by atoms with E-state index in [9.17, 15) is 19.8 Å². The second-order valence-electron chi connectivity index (χ2n) is 12.3. The summed E-state index contributed by atoms with van der Waals surface area (Å²) in [6, 6.07) is 3.22. The highest BCUT2D eigenvalue weighted by Crippen LogP contribution is 2.43. The van der Waals surface area contributed by atoms with Crippen molar-refractivity contribution in [1.29, 1.82) is 0 Å². The van der Waals surface area contributed by atoms with Gasteiger partial charge in [0.05, 0.1) is 21.4 Å². The highest BCUT2D eigenvalue weighted by atomic mass is 35.5. The van der Waals surface area contributed by atoms with Crippen LogP contribution in [0, 0.1) is 0 Å². The first-order valence-corrected chi connectivity index (χ1v) is 16.2. The van der Waals surface area contributed by atoms with Crippen molar-refractivity contribution < 1.29 is 34.8 Å². The lowest BCUT2D eigenvalue weighted by atomic mass is 9.99. The standard InChI is InChI=1S/2C16H21ClN2O3.2ClH.H2O/c2*1-9(19-5-3-2-4-6-19)13-8-10-14(18)12(17)7-11(16(20)21)15(10)22-13;;;/h2*7,9,13H,2-6,8,18H2,1H3,(H,20,21);2*1H;1H2. The molecule has 0 spiro atoms. The molecule has 264 valence electrons. The fourth-order valence-corrected chi connectivity index (χ4v) is 7.28. The molecule has 15 heteroatoms. The van der Waals surface area contributed by atoms with Crippen molar-refractivity contribution in [3.63, 3.8) is 0 Å². The number of hydrogen-bond acceptors (Lipinski definition) is 8. The number of nitrogens with two attached hydrogens (primary N) is 2. The van der Waals surface area contributed by atoms with Gasteiger partial charge in [-0.05, 0) is 77.8 Å². The number of nitrogen functional groups attached to an aromatic ring is 2. The van der Waals surface area contributed by atoms with Gasteiger partial charge in [-0.15, -0.1) is 24.8 Å². The van der Waals surface area contributed by atoms with Gasteiger partial charge in [0.25, 0.3) is 0 Å². The summed E-state index contributed by atoms with van der Waals surface area (Å²) in [7, 11) is 0. The summed E-state index contributed by atoms with van der Waals surface area (Å²) >= 11 is 12.1. The summed E-state index contributed by atoms with van der Waals surface area (Å²) in [5.41, 5.74) is 14.6. The summed E-state index contributed by atoms with van der Waals surface area (Å²) in [5.74, 6) is -1.29. The van der Waals surface area contributed by atoms with E-state index in [1.807, 2.05) is 0 Å². The Balaban J connectivity index is 0.000000307. The summed E-state index contributed by atoms with van der Waals surface area (Å²) in [5, 5.41) is 19.3. The van der Waals surface area contributed by atoms with E-state index < -0.39 is 11.9 Å². The molecular weight excluding hydrogens is 694 g/mol. The second kappa shape index (κ2) is 17.3. The number of carboxylic acid groups (broad SMARTS) is 2. The Bertz CT molecular complexity index is 1320. The average Bonchev–Trinajstić information content (AvgIpc) is 3.67. The minimum absolute atomic E-state index is 0. The first kappa shape index (κ1) is 40.8. The lowest BCUT2D eigenvalue weighted by molar-refractivity contribution is 0.0650. The van der Waals surface area contributed by atoms with Crippen LogP contribution in [0.3, 0.4) is 0 Å². The van der Waals surface area contributed by atoms with Crippen LogP contribution in [0.4, 0.5) is 11.4 Å². The van der Waals surface area contributed by atoms with E-state index in [0.717, 1.165) is 37.3 Å². The Hall–Kier alpha value is -2.38. The quantitative estimate of drug-likeness (QED) is 0.272. The molecule has 2 fully saturated rings. The van der Waals surface area contributed by atoms with Gasteiger partial charge in [-0.2, -0.15) is 0 Å². The van der Waals surface area contributed by atoms with E-state index in [4.69, 9.17) is 44.1 Å². The molecule has 8 N–H and O–H groups in total. The molecule has 4 atom stereocenters. The number of carbonyl (C=O) groups is 2. The van der Waals surface area contributed by atoms with Gasteiger partial charge in [-0.1, -0.05) is 36.0 Å². The molecule has 2 aromatic carbocycles. The third-order valence-electron chi connectivity index (χ3n) is 9.56. The van der Waals surface area contributed by atoms with Crippen LogP contribution in [0.15, 0.2) is 12.1 Å². The molecule has 6 rings (SSSR count). The van der Waals surface area contributed by atoms with Gasteiger partial charge in [0.1, 0.15) is 34.8 Å². The average molecular weight is 741 g/mol. The first-order chi connectivity index (χ1) is 21.0. The van der Waals surface area contributed by atoms with Crippen molar-refractivity contribution in [1.82, 2.24) is 9.80 Å². The van der Waals surface area contributed by atoms with E-state index in [-0.39, 0.29) is 75.8 Å². The van der Waals surface area contributed by atoms with Crippen LogP contribution in [-0.2, 0) is 12.8 Å². The molecule has 47 heavy (non-hydrogen) atoms. The molecule has 2 saturated heterocycles. The Kier molecular flexibility index (Phi) is 15.0. The topological polar surface area (TPSA) is 183 Å². The fourth-order valence-electron chi connectivity index (χ4n) is 6.84. The SMILES string of the molecule is CC(C1Cc2c(N)c(Cl)cc(C(=O)O)c2O1)N1CCCCC1.CC(C1Cc2c(N)c(Cl)cc(C(=O)O)c2O1)N1CCCCC1.Cl.Cl.O. The molecule has 4 aliphatic rings. The number of halogens is 4. The van der Waals surface area contributed by atoms with Crippen molar-refractivity contribution in [3.8, 4) is 11.5 Å². The van der Waals surface area contributed by atoms with Crippen LogP contribution >= 0.6 is 48.0 Å². The predicted molar refractivity (Wildman–Crippen MR) is 190 cm³/mol. The van der Waals surface area contributed by atoms with Crippen molar-refractivity contribution in [3.05, 3.63) is 44.4 Å². The third kappa shape index (κ3) is 8.62. The second-order valence-corrected chi connectivity index (χ2v) is 13.1. The van der Waals surface area contributed by atoms with Gasteiger partial charge < -0.3 is 36.6 Å². The monoisotopic (exact) mass is 738 g/mol. The smallest absolute Gasteiger partial charge is 0.339 e. The molecule has 0 bridgehead atoms. The number of aromatic carboxylic acids is 2. The number of benzene rings is 2. The van der Waals surface area contributed by atoms with Crippen LogP contribution in [0.1, 0.15) is 84.2 Å². The Labute approximate surface area is 298 Å². The number of rotatable bonds is 6. The molecule has 2 aromatic rings. The third-order valence-corrected chi connectivity index (χ3v) is 10.2. The number of anilines is 2. The van der Waals surface area contributed by atoms with Crippen molar-refractivity contribution >= 4 is 71.3 Å². The molecule has 4 aliphatic heterocycles. The normalized spacial score (nSPS) is 21.4. The van der Waals surface area contributed by atoms with E-state index in [1.165, 1.54) is 50.7 Å². The Morgan fingerprint density at radius 1 is 0.723 bits per heavy atom. The summed E-state index contributed by atoms with van der Waals surface area (Å²) in [4.78, 5) is 27.7. The first-order valence-electron chi connectivity index (χ1n) is 15.5. The highest BCUT2D eigenvalue weighted by Gasteiger charge is 2.37. The number of nitrogens with zero attached hydrogens (tertiary/aromatic N) is 2. The number of fused-ring (bicyclic) bond motifs is 2. The van der Waals surface area contributed by atoms with Crippen LogP contribution in [0.2, 0.25) is 10.0 Å². The summed E-state index contributed by atoms with van der Waals surface area (Å²) in [6.45, 7) is 8.55. The summed E-state index contributed by atoms with van der Waals surface area (Å²) in [6.07, 6.45) is 8.45. The number of piperidine rings is 2. The Morgan fingerprint density at radius 2 is 1.04 bits per heavy atom. The van der Waals surface area contributed by atoms with Crippen LogP contribution in [-0.4, -0.2) is 87.9 Å². The van der Waals surface area contributed by atoms with Gasteiger partial charge >= 0.3 is 11.9 Å². The van der Waals surface area contributed by atoms with Crippen molar-refractivity contribution in [2.45, 2.75) is 89.5 Å². The summed E-state index contributed by atoms with van der Waals surface area (Å²) < 4.78 is 12.0. The highest BCUT2D eigenvalue weighted by molar-refractivity contribution is 6.34. The predicted octanol–water partition coefficient (Wildman–Crippen LogP) is 5.62. The van der Waals surface area contributed by atoms with Crippen LogP contribution in [0.5, 0.6) is 11.5 Å². The van der Waals surface area contributed by atoms with Gasteiger partial charge in [0, 0.05) is 36.1 Å². The molecule has 0 aromatic heterocycles. The van der Waals surface area contributed by atoms with E-state index in [0.29, 0.717) is 35.7 Å². The maximum Gasteiger partial charge on any atom is 0.339 e. The zero-order valence-corrected chi connectivity index (χ0v) is 29.7. The largest absolute Gasteiger partial charge is 0.487 e. The lowest BCUT2D eigenvalue weighted by Gasteiger charge is -2.35. The zero-order valence-electron chi connectivity index (χ0n) is 26.6. The molecular formula is C32H46Cl4N4O7. The molecule has 4 heterocycles. The molecule has 4 unspecified atom stereocenters. The van der Waals surface area contributed by atoms with Crippen LogP contribution < -0.4 is 20.9 Å². The molecule has 0 radical (unpaired) electrons. The molecule has 0 saturated carbocycles. The Morgan fingerprint density at radius 3 is 1.34 bits per heavy atom. The van der Waals surface area contributed by atoms with Gasteiger partial charge in [0.2, 0.25) is 0 Å². The lowest BCUT2D eigenvalue weighted by Crippen LogP contribution is -2.46. The van der Waals surface area contributed by atoms with Gasteiger partial charge in [0.15, 0.2) is 0 Å². The van der Waals surface area contributed by atoms with Gasteiger partial charge in [-0.25, -0.2) is 9.59 Å². The molecule has 0 aliphatic carbocycles. The number of likely N-dealkylation sites (tertiary alicyclic amines) is 2. The number of carboxylic acids is 2. The number of hydrogen-bond donors (Lipinski definition) is 4. The minimum atomic E-state index is -1.04. The van der Waals surface area contributed by atoms with Crippen LogP contribution in [0.25, 0.3) is 0 Å². The molecule has 11 nitrogen and oxygen atoms in total. The zero-order chi connectivity index (χ0) is 31.7. The van der Waals surface area contributed by atoms with Crippen molar-refractivity contribution in [2.24, 2.45) is 0 Å². The van der Waals surface area contributed by atoms with Crippen molar-refractivity contribution in [2.75, 3.05) is 37.6 Å². The number of ether oxygens (including phenoxy) is 2. The van der Waals surface area contributed by atoms with E-state index in [1.54, 1.807) is 0 Å². The van der Waals surface area contributed by atoms with Gasteiger partial charge in [-0.3, -0.25) is 9.80 Å². The molecule has 0 amide bonds. The van der Waals surface area contributed by atoms with E-state index in [2.05, 4.69) is 23.6 Å². The fraction of sp³-hybridized carbons (Fsp3) is 0.562. The van der Waals surface area contributed by atoms with E-state index >= 15 is 0 Å². The minimum Gasteiger partial charge on any atom is -0.487 e. The maximum absolute atomic E-state index is 11.4. The maximum atomic E-state index is 11.4.